The fourth-order valence-electron chi connectivity index (χ4n) is 4.20. The summed E-state index contributed by atoms with van der Waals surface area (Å²) >= 11 is 0. The Labute approximate surface area is 162 Å². The monoisotopic (exact) mass is 396 g/mol. The molecule has 0 spiro atoms. The number of carbonyl (C=O) groups excluding carboxylic acids is 1. The lowest BCUT2D eigenvalue weighted by molar-refractivity contribution is 0.0916. The van der Waals surface area contributed by atoms with Crippen LogP contribution in [0, 0.1) is 5.92 Å². The first-order valence-electron chi connectivity index (χ1n) is 9.96. The lowest BCUT2D eigenvalue weighted by atomic mass is 9.91. The van der Waals surface area contributed by atoms with E-state index in [1.54, 1.807) is 22.1 Å². The van der Waals surface area contributed by atoms with Gasteiger partial charge in [-0.1, -0.05) is 6.92 Å². The van der Waals surface area contributed by atoms with E-state index in [4.69, 9.17) is 0 Å². The van der Waals surface area contributed by atoms with Crippen molar-refractivity contribution in [1.29, 1.82) is 0 Å². The molecule has 1 aromatic heterocycles. The molecule has 2 aliphatic rings. The molecule has 0 radical (unpaired) electrons. The summed E-state index contributed by atoms with van der Waals surface area (Å²) in [4.78, 5) is 12.9. The zero-order valence-corrected chi connectivity index (χ0v) is 17.4. The van der Waals surface area contributed by atoms with Gasteiger partial charge in [-0.2, -0.15) is 4.31 Å². The van der Waals surface area contributed by atoms with E-state index in [2.05, 4.69) is 17.6 Å². The quantitative estimate of drug-likeness (QED) is 0.794. The Kier molecular flexibility index (Phi) is 6.28. The summed E-state index contributed by atoms with van der Waals surface area (Å²) in [5.74, 6) is 0.173. The number of amides is 1. The molecular formula is C19H32N4O3S. The fourth-order valence-corrected chi connectivity index (χ4v) is 5.87. The largest absolute Gasteiger partial charge is 0.348 e. The molecule has 2 N–H and O–H groups in total. The summed E-state index contributed by atoms with van der Waals surface area (Å²) in [6.45, 7) is 3.18. The molecule has 3 rings (SSSR count). The van der Waals surface area contributed by atoms with Crippen molar-refractivity contribution in [2.24, 2.45) is 13.0 Å². The van der Waals surface area contributed by atoms with Crippen LogP contribution in [0.15, 0.2) is 17.2 Å². The van der Waals surface area contributed by atoms with Crippen LogP contribution in [0.5, 0.6) is 0 Å². The minimum atomic E-state index is -3.55. The van der Waals surface area contributed by atoms with Gasteiger partial charge < -0.3 is 15.2 Å². The highest BCUT2D eigenvalue weighted by molar-refractivity contribution is 7.89. The fraction of sp³-hybridized carbons (Fsp3) is 0.737. The molecule has 7 nitrogen and oxygen atoms in total. The number of nitrogens with zero attached hydrogens (tertiary/aromatic N) is 2. The third-order valence-electron chi connectivity index (χ3n) is 5.94. The first kappa shape index (κ1) is 20.4. The Bertz CT molecular complexity index is 766. The second kappa shape index (κ2) is 8.32. The number of carbonyl (C=O) groups is 1. The summed E-state index contributed by atoms with van der Waals surface area (Å²) in [5, 5.41) is 6.36. The summed E-state index contributed by atoms with van der Waals surface area (Å²) in [6, 6.07) is 2.19. The van der Waals surface area contributed by atoms with Gasteiger partial charge in [0, 0.05) is 38.4 Å². The highest BCUT2D eigenvalue weighted by Gasteiger charge is 2.31. The van der Waals surface area contributed by atoms with Crippen LogP contribution in [-0.2, 0) is 17.1 Å². The van der Waals surface area contributed by atoms with Crippen LogP contribution in [0.4, 0.5) is 0 Å². The summed E-state index contributed by atoms with van der Waals surface area (Å²) in [7, 11) is 0.148. The molecule has 1 unspecified atom stereocenters. The molecule has 0 aromatic carbocycles. The first-order chi connectivity index (χ1) is 12.8. The van der Waals surface area contributed by atoms with E-state index in [9.17, 15) is 13.2 Å². The Morgan fingerprint density at radius 2 is 1.81 bits per heavy atom. The average Bonchev–Trinajstić information content (AvgIpc) is 3.05. The number of aryl methyl sites for hydroxylation is 1. The molecule has 8 heteroatoms. The van der Waals surface area contributed by atoms with Crippen molar-refractivity contribution in [2.45, 2.75) is 62.4 Å². The van der Waals surface area contributed by atoms with E-state index in [0.717, 1.165) is 38.5 Å². The van der Waals surface area contributed by atoms with Crippen molar-refractivity contribution in [3.05, 3.63) is 18.0 Å². The molecule has 2 fully saturated rings. The standard InChI is InChI=1S/C19H32N4O3S/c1-14-5-4-10-23(12-14)27(25,26)17-11-18(22(3)13-17)19(24)21-16-8-6-15(20-2)7-9-16/h11,13-16,20H,4-10,12H2,1-3H3,(H,21,24). The predicted octanol–water partition coefficient (Wildman–Crippen LogP) is 1.71. The smallest absolute Gasteiger partial charge is 0.268 e. The van der Waals surface area contributed by atoms with Gasteiger partial charge in [-0.3, -0.25) is 4.79 Å². The van der Waals surface area contributed by atoms with Gasteiger partial charge in [0.15, 0.2) is 0 Å². The SMILES string of the molecule is CNC1CCC(NC(=O)c2cc(S(=O)(=O)N3CCCC(C)C3)cn2C)CC1. The lowest BCUT2D eigenvalue weighted by Crippen LogP contribution is -2.41. The van der Waals surface area contributed by atoms with Crippen LogP contribution >= 0.6 is 0 Å². The molecule has 1 atom stereocenters. The van der Waals surface area contributed by atoms with Crippen LogP contribution < -0.4 is 10.6 Å². The molecule has 27 heavy (non-hydrogen) atoms. The third kappa shape index (κ3) is 4.55. The van der Waals surface area contributed by atoms with Gasteiger partial charge in [-0.15, -0.1) is 0 Å². The van der Waals surface area contributed by atoms with Gasteiger partial charge >= 0.3 is 0 Å². The van der Waals surface area contributed by atoms with Crippen molar-refractivity contribution >= 4 is 15.9 Å². The average molecular weight is 397 g/mol. The Hall–Kier alpha value is -1.38. The molecule has 1 saturated heterocycles. The number of piperidine rings is 1. The highest BCUT2D eigenvalue weighted by atomic mass is 32.2. The van der Waals surface area contributed by atoms with E-state index in [0.29, 0.717) is 30.7 Å². The topological polar surface area (TPSA) is 83.4 Å². The maximum Gasteiger partial charge on any atom is 0.268 e. The molecule has 1 aliphatic heterocycles. The number of hydrogen-bond donors (Lipinski definition) is 2. The van der Waals surface area contributed by atoms with Gasteiger partial charge in [0.05, 0.1) is 0 Å². The minimum absolute atomic E-state index is 0.153. The summed E-state index contributed by atoms with van der Waals surface area (Å²) < 4.78 is 29.1. The zero-order valence-electron chi connectivity index (χ0n) is 16.6. The Morgan fingerprint density at radius 3 is 2.44 bits per heavy atom. The molecule has 1 aromatic rings. The highest BCUT2D eigenvalue weighted by Crippen LogP contribution is 2.25. The number of hydrogen-bond acceptors (Lipinski definition) is 4. The maximum atomic E-state index is 13.0. The van der Waals surface area contributed by atoms with Crippen LogP contribution in [0.3, 0.4) is 0 Å². The van der Waals surface area contributed by atoms with Gasteiger partial charge in [-0.05, 0) is 57.6 Å². The second-order valence-electron chi connectivity index (χ2n) is 8.09. The lowest BCUT2D eigenvalue weighted by Gasteiger charge is -2.29. The van der Waals surface area contributed by atoms with Gasteiger partial charge in [0.2, 0.25) is 10.0 Å². The van der Waals surface area contributed by atoms with E-state index < -0.39 is 10.0 Å². The normalized spacial score (nSPS) is 27.4. The second-order valence-corrected chi connectivity index (χ2v) is 10.0. The number of rotatable bonds is 5. The van der Waals surface area contributed by atoms with E-state index in [1.807, 2.05) is 7.05 Å². The molecule has 1 amide bonds. The van der Waals surface area contributed by atoms with Crippen molar-refractivity contribution < 1.29 is 13.2 Å². The van der Waals surface area contributed by atoms with Gasteiger partial charge in [0.1, 0.15) is 10.6 Å². The number of nitrogens with one attached hydrogen (secondary N) is 2. The van der Waals surface area contributed by atoms with Gasteiger partial charge in [0.25, 0.3) is 5.91 Å². The van der Waals surface area contributed by atoms with Crippen LogP contribution in [0.1, 0.15) is 55.9 Å². The van der Waals surface area contributed by atoms with E-state index >= 15 is 0 Å². The van der Waals surface area contributed by atoms with E-state index in [-0.39, 0.29) is 16.8 Å². The molecule has 2 heterocycles. The molecule has 1 aliphatic carbocycles. The number of sulfonamides is 1. The van der Waals surface area contributed by atoms with Crippen molar-refractivity contribution in [2.75, 3.05) is 20.1 Å². The zero-order chi connectivity index (χ0) is 19.6. The Balaban J connectivity index is 1.69. The third-order valence-corrected chi connectivity index (χ3v) is 7.77. The summed E-state index contributed by atoms with van der Waals surface area (Å²) in [5.41, 5.74) is 0.398. The van der Waals surface area contributed by atoms with Crippen molar-refractivity contribution in [3.63, 3.8) is 0 Å². The maximum absolute atomic E-state index is 13.0. The molecule has 152 valence electrons. The van der Waals surface area contributed by atoms with Crippen molar-refractivity contribution in [1.82, 2.24) is 19.5 Å². The summed E-state index contributed by atoms with van der Waals surface area (Å²) in [6.07, 6.45) is 7.47. The van der Waals surface area contributed by atoms with Crippen molar-refractivity contribution in [3.8, 4) is 0 Å². The number of aromatic nitrogens is 1. The predicted molar refractivity (Wildman–Crippen MR) is 105 cm³/mol. The molecule has 1 saturated carbocycles. The van der Waals surface area contributed by atoms with Crippen LogP contribution in [0.25, 0.3) is 0 Å². The van der Waals surface area contributed by atoms with Gasteiger partial charge in [-0.25, -0.2) is 8.42 Å². The van der Waals surface area contributed by atoms with Crippen LogP contribution in [0.2, 0.25) is 0 Å². The van der Waals surface area contributed by atoms with Crippen LogP contribution in [-0.4, -0.2) is 55.4 Å². The molecule has 0 bridgehead atoms. The van der Waals surface area contributed by atoms with E-state index in [1.165, 1.54) is 6.07 Å². The molecular weight excluding hydrogens is 364 g/mol. The Morgan fingerprint density at radius 1 is 1.15 bits per heavy atom. The minimum Gasteiger partial charge on any atom is -0.348 e. The first-order valence-corrected chi connectivity index (χ1v) is 11.4.